The van der Waals surface area contributed by atoms with Crippen molar-refractivity contribution in [2.24, 2.45) is 5.16 Å². The molecule has 0 aliphatic carbocycles. The van der Waals surface area contributed by atoms with Crippen LogP contribution >= 0.6 is 23.1 Å². The van der Waals surface area contributed by atoms with Crippen LogP contribution in [0.15, 0.2) is 143 Å². The molecule has 0 bridgehead atoms. The molecule has 2 aliphatic rings. The van der Waals surface area contributed by atoms with Crippen molar-refractivity contribution >= 4 is 57.7 Å². The van der Waals surface area contributed by atoms with Crippen LogP contribution in [-0.4, -0.2) is 61.8 Å². The molecule has 14 heteroatoms. The van der Waals surface area contributed by atoms with Crippen LogP contribution in [0.3, 0.4) is 0 Å². The fourth-order valence-corrected chi connectivity index (χ4v) is 8.65. The number of rotatable bonds is 14. The number of anilines is 1. The second-order valence-corrected chi connectivity index (χ2v) is 14.7. The van der Waals surface area contributed by atoms with Crippen molar-refractivity contribution in [3.8, 4) is 0 Å². The van der Waals surface area contributed by atoms with Gasteiger partial charge < -0.3 is 25.3 Å². The largest absolute Gasteiger partial charge is 0.477 e. The van der Waals surface area contributed by atoms with E-state index in [1.54, 1.807) is 5.38 Å². The summed E-state index contributed by atoms with van der Waals surface area (Å²) in [6, 6.07) is 39.3. The molecule has 1 aromatic heterocycles. The molecule has 278 valence electrons. The maximum Gasteiger partial charge on any atom is 0.352 e. The SMILES string of the molecule is CC(=O)OCC1=C(C(=O)O)N2C(=O)C[C@H]2SC1NC(=O)C(=NOCc1ccccc1)c1csc(NC(c2ccccc2)(c2ccccc2)c2ccccc2)n1. The summed E-state index contributed by atoms with van der Waals surface area (Å²) < 4.78 is 5.20. The van der Waals surface area contributed by atoms with Gasteiger partial charge in [-0.3, -0.25) is 19.3 Å². The van der Waals surface area contributed by atoms with Gasteiger partial charge >= 0.3 is 11.9 Å². The van der Waals surface area contributed by atoms with Crippen molar-refractivity contribution in [1.82, 2.24) is 15.2 Å². The van der Waals surface area contributed by atoms with E-state index in [1.807, 2.05) is 121 Å². The van der Waals surface area contributed by atoms with Gasteiger partial charge in [-0.1, -0.05) is 126 Å². The van der Waals surface area contributed by atoms with Gasteiger partial charge in [0.15, 0.2) is 10.8 Å². The number of aromatic nitrogens is 1. The van der Waals surface area contributed by atoms with E-state index < -0.39 is 40.7 Å². The van der Waals surface area contributed by atoms with Crippen molar-refractivity contribution in [1.29, 1.82) is 0 Å². The molecule has 3 N–H and O–H groups in total. The van der Waals surface area contributed by atoms with Crippen LogP contribution in [0.5, 0.6) is 0 Å². The van der Waals surface area contributed by atoms with Gasteiger partial charge in [-0.05, 0) is 22.3 Å². The lowest BCUT2D eigenvalue weighted by molar-refractivity contribution is -0.146. The minimum absolute atomic E-state index is 0.0499. The Hall–Kier alpha value is -6.25. The first-order chi connectivity index (χ1) is 26.7. The number of esters is 1. The maximum absolute atomic E-state index is 14.3. The Morgan fingerprint density at radius 1 is 0.873 bits per heavy atom. The third kappa shape index (κ3) is 7.86. The van der Waals surface area contributed by atoms with Crippen molar-refractivity contribution in [3.63, 3.8) is 0 Å². The van der Waals surface area contributed by atoms with Crippen LogP contribution in [0.4, 0.5) is 5.13 Å². The second kappa shape index (κ2) is 16.4. The summed E-state index contributed by atoms with van der Waals surface area (Å²) >= 11 is 2.44. The number of benzene rings is 4. The molecular weight excluding hydrogens is 739 g/mol. The molecule has 2 aliphatic heterocycles. The van der Waals surface area contributed by atoms with Gasteiger partial charge in [-0.15, -0.1) is 23.1 Å². The Kier molecular flexibility index (Phi) is 11.1. The van der Waals surface area contributed by atoms with Gasteiger partial charge in [0.25, 0.3) is 5.91 Å². The Morgan fingerprint density at radius 3 is 1.96 bits per heavy atom. The number of aliphatic carboxylic acids is 1. The van der Waals surface area contributed by atoms with Gasteiger partial charge in [0.05, 0.1) is 11.8 Å². The topological polar surface area (TPSA) is 160 Å². The smallest absolute Gasteiger partial charge is 0.352 e. The van der Waals surface area contributed by atoms with Gasteiger partial charge in [-0.2, -0.15) is 0 Å². The molecule has 3 heterocycles. The molecular formula is C41H35N5O7S2. The summed E-state index contributed by atoms with van der Waals surface area (Å²) in [5, 5.41) is 21.7. The number of ether oxygens (including phenoxy) is 1. The Morgan fingerprint density at radius 2 is 1.44 bits per heavy atom. The van der Waals surface area contributed by atoms with Crippen LogP contribution in [0, 0.1) is 0 Å². The number of hydrogen-bond acceptors (Lipinski definition) is 11. The lowest BCUT2D eigenvalue weighted by Gasteiger charge is -2.46. The lowest BCUT2D eigenvalue weighted by atomic mass is 9.77. The Balaban J connectivity index is 1.26. The van der Waals surface area contributed by atoms with E-state index in [0.717, 1.165) is 27.2 Å². The number of β-lactam (4-membered cyclic amide) rings is 1. The van der Waals surface area contributed by atoms with E-state index in [2.05, 4.69) is 15.8 Å². The summed E-state index contributed by atoms with van der Waals surface area (Å²) in [5.74, 6) is -3.13. The minimum atomic E-state index is -1.38. The number of carbonyl (C=O) groups excluding carboxylic acids is 3. The zero-order chi connectivity index (χ0) is 38.4. The fourth-order valence-electron chi connectivity index (χ4n) is 6.49. The number of carboxylic acids is 1. The summed E-state index contributed by atoms with van der Waals surface area (Å²) in [4.78, 5) is 62.8. The van der Waals surface area contributed by atoms with Crippen LogP contribution in [-0.2, 0) is 40.9 Å². The maximum atomic E-state index is 14.3. The van der Waals surface area contributed by atoms with Crippen LogP contribution < -0.4 is 10.6 Å². The van der Waals surface area contributed by atoms with E-state index in [4.69, 9.17) is 14.6 Å². The van der Waals surface area contributed by atoms with E-state index in [9.17, 15) is 24.3 Å². The van der Waals surface area contributed by atoms with Gasteiger partial charge in [0.2, 0.25) is 5.91 Å². The van der Waals surface area contributed by atoms with Crippen molar-refractivity contribution in [2.75, 3.05) is 11.9 Å². The number of carboxylic acid groups (broad SMARTS) is 1. The first kappa shape index (κ1) is 37.1. The molecule has 0 saturated carbocycles. The molecule has 1 fully saturated rings. The number of fused-ring (bicyclic) bond motifs is 1. The first-order valence-electron chi connectivity index (χ1n) is 17.3. The first-order valence-corrected chi connectivity index (χ1v) is 19.1. The van der Waals surface area contributed by atoms with Crippen LogP contribution in [0.2, 0.25) is 0 Å². The van der Waals surface area contributed by atoms with Crippen molar-refractivity contribution < 1.29 is 33.9 Å². The highest BCUT2D eigenvalue weighted by atomic mass is 32.2. The minimum Gasteiger partial charge on any atom is -0.477 e. The zero-order valence-electron chi connectivity index (χ0n) is 29.5. The highest BCUT2D eigenvalue weighted by Gasteiger charge is 2.49. The Bertz CT molecular complexity index is 2150. The molecule has 4 aromatic carbocycles. The second-order valence-electron chi connectivity index (χ2n) is 12.6. The predicted molar refractivity (Wildman–Crippen MR) is 209 cm³/mol. The summed E-state index contributed by atoms with van der Waals surface area (Å²) in [6.45, 7) is 0.796. The average molecular weight is 774 g/mol. The molecule has 1 saturated heterocycles. The van der Waals surface area contributed by atoms with Gasteiger partial charge in [-0.25, -0.2) is 9.78 Å². The molecule has 0 spiro atoms. The molecule has 55 heavy (non-hydrogen) atoms. The standard InChI is InChI=1S/C41H35N5O7S2/c1-26(47)52-24-31-36(39(50)51)46-33(48)22-34(46)55-38(31)43-37(49)35(45-53-23-27-14-6-2-7-15-27)32-25-54-40(42-32)44-41(28-16-8-3-9-17-28,29-18-10-4-11-19-29)30-20-12-5-13-21-30/h2-21,25,34,38H,22-24H2,1H3,(H,42,44)(H,43,49)(H,50,51)/t34-,38?/m1/s1. The van der Waals surface area contributed by atoms with Gasteiger partial charge in [0, 0.05) is 17.9 Å². The fraction of sp³-hybridized carbons (Fsp3) is 0.171. The number of hydrogen-bond donors (Lipinski definition) is 3. The highest BCUT2D eigenvalue weighted by Crippen LogP contribution is 2.44. The number of nitrogens with one attached hydrogen (secondary N) is 2. The number of thioether (sulfide) groups is 1. The summed E-state index contributed by atoms with van der Waals surface area (Å²) in [7, 11) is 0. The predicted octanol–water partition coefficient (Wildman–Crippen LogP) is 6.12. The van der Waals surface area contributed by atoms with Crippen LogP contribution in [0.25, 0.3) is 0 Å². The molecule has 7 rings (SSSR count). The van der Waals surface area contributed by atoms with E-state index >= 15 is 0 Å². The van der Waals surface area contributed by atoms with E-state index in [0.29, 0.717) is 5.13 Å². The third-order valence-corrected chi connectivity index (χ3v) is 11.2. The van der Waals surface area contributed by atoms with Gasteiger partial charge in [0.1, 0.15) is 35.5 Å². The molecule has 5 aromatic rings. The lowest BCUT2D eigenvalue weighted by Crippen LogP contribution is -2.58. The van der Waals surface area contributed by atoms with Crippen molar-refractivity contribution in [3.05, 3.63) is 166 Å². The zero-order valence-corrected chi connectivity index (χ0v) is 31.1. The molecule has 2 amide bonds. The molecule has 2 atom stereocenters. The molecule has 12 nitrogen and oxygen atoms in total. The number of amides is 2. The highest BCUT2D eigenvalue weighted by molar-refractivity contribution is 8.00. The summed E-state index contributed by atoms with van der Waals surface area (Å²) in [5.41, 5.74) is 2.56. The van der Waals surface area contributed by atoms with E-state index in [1.165, 1.54) is 30.0 Å². The molecule has 0 radical (unpaired) electrons. The summed E-state index contributed by atoms with van der Waals surface area (Å²) in [6.07, 6.45) is 0.0862. The monoisotopic (exact) mass is 773 g/mol. The number of nitrogens with zero attached hydrogens (tertiary/aromatic N) is 3. The Labute approximate surface area is 324 Å². The number of oxime groups is 1. The number of carbonyl (C=O) groups is 4. The van der Waals surface area contributed by atoms with Crippen molar-refractivity contribution in [2.45, 2.75) is 36.2 Å². The third-order valence-electron chi connectivity index (χ3n) is 9.06. The van der Waals surface area contributed by atoms with Crippen LogP contribution in [0.1, 0.15) is 41.3 Å². The normalized spacial score (nSPS) is 16.8. The number of thiazole rings is 1. The average Bonchev–Trinajstić information content (AvgIpc) is 3.66. The van der Waals surface area contributed by atoms with E-state index in [-0.39, 0.29) is 41.6 Å². The quantitative estimate of drug-likeness (QED) is 0.0395. The molecule has 1 unspecified atom stereocenters.